The average Bonchev–Trinajstić information content (AvgIpc) is 3.04. The van der Waals surface area contributed by atoms with Crippen molar-refractivity contribution in [2.45, 2.75) is 6.92 Å². The van der Waals surface area contributed by atoms with Crippen LogP contribution in [-0.2, 0) is 0 Å². The van der Waals surface area contributed by atoms with E-state index < -0.39 is 0 Å². The molecule has 6 nitrogen and oxygen atoms in total. The second kappa shape index (κ2) is 7.09. The highest BCUT2D eigenvalue weighted by Crippen LogP contribution is 2.25. The molecule has 1 amide bonds. The van der Waals surface area contributed by atoms with E-state index in [2.05, 4.69) is 20.7 Å². The Labute approximate surface area is 160 Å². The summed E-state index contributed by atoms with van der Waals surface area (Å²) in [5.41, 5.74) is 3.21. The highest BCUT2D eigenvalue weighted by Gasteiger charge is 2.22. The molecule has 2 aromatic carbocycles. The largest absolute Gasteiger partial charge is 0.338 e. The quantitative estimate of drug-likeness (QED) is 0.541. The van der Waals surface area contributed by atoms with Crippen LogP contribution in [0.3, 0.4) is 0 Å². The molecule has 0 unspecified atom stereocenters. The van der Waals surface area contributed by atoms with Crippen LogP contribution in [0, 0.1) is 6.92 Å². The summed E-state index contributed by atoms with van der Waals surface area (Å²) in [5, 5.41) is 11.2. The maximum absolute atomic E-state index is 13.0. The molecular weight excluding hydrogens is 362 g/mol. The van der Waals surface area contributed by atoms with Crippen molar-refractivity contribution in [2.24, 2.45) is 0 Å². The Bertz CT molecular complexity index is 1110. The first-order valence-electron chi connectivity index (χ1n) is 8.35. The number of para-hydroxylation sites is 1. The van der Waals surface area contributed by atoms with Crippen LogP contribution in [0.5, 0.6) is 0 Å². The van der Waals surface area contributed by atoms with Gasteiger partial charge in [-0.05, 0) is 49.4 Å². The second-order valence-corrected chi connectivity index (χ2v) is 6.43. The van der Waals surface area contributed by atoms with Crippen molar-refractivity contribution in [2.75, 3.05) is 10.6 Å². The Morgan fingerprint density at radius 3 is 2.48 bits per heavy atom. The van der Waals surface area contributed by atoms with E-state index in [0.29, 0.717) is 27.7 Å². The van der Waals surface area contributed by atoms with E-state index in [0.717, 1.165) is 11.4 Å². The number of fused-ring (bicyclic) bond motifs is 1. The number of amides is 1. The molecule has 0 aliphatic carbocycles. The lowest BCUT2D eigenvalue weighted by Gasteiger charge is -2.07. The van der Waals surface area contributed by atoms with Crippen LogP contribution in [0.25, 0.3) is 5.65 Å². The monoisotopic (exact) mass is 377 g/mol. The molecule has 7 heteroatoms. The fourth-order valence-electron chi connectivity index (χ4n) is 2.74. The number of halogens is 1. The fraction of sp³-hybridized carbons (Fsp3) is 0.0500. The molecule has 2 aromatic heterocycles. The lowest BCUT2D eigenvalue weighted by atomic mass is 10.2. The normalized spacial score (nSPS) is 10.7. The smallest absolute Gasteiger partial charge is 0.263 e. The number of aryl methyl sites for hydroxylation is 1. The van der Waals surface area contributed by atoms with Gasteiger partial charge in [-0.3, -0.25) is 4.79 Å². The molecule has 0 fully saturated rings. The number of hydrogen-bond acceptors (Lipinski definition) is 4. The van der Waals surface area contributed by atoms with Crippen molar-refractivity contribution in [1.29, 1.82) is 0 Å². The summed E-state index contributed by atoms with van der Waals surface area (Å²) in [5.74, 6) is 0.137. The first-order chi connectivity index (χ1) is 13.1. The van der Waals surface area contributed by atoms with E-state index in [1.165, 1.54) is 0 Å². The topological polar surface area (TPSA) is 71.3 Å². The van der Waals surface area contributed by atoms with Gasteiger partial charge >= 0.3 is 0 Å². The third kappa shape index (κ3) is 3.47. The molecule has 0 saturated heterocycles. The summed E-state index contributed by atoms with van der Waals surface area (Å²) >= 11 is 5.91. The predicted molar refractivity (Wildman–Crippen MR) is 107 cm³/mol. The number of benzene rings is 2. The van der Waals surface area contributed by atoms with Crippen LogP contribution in [0.15, 0.2) is 66.9 Å². The third-order valence-electron chi connectivity index (χ3n) is 4.07. The highest BCUT2D eigenvalue weighted by atomic mass is 35.5. The number of carbonyl (C=O) groups excluding carboxylic acids is 1. The summed E-state index contributed by atoms with van der Waals surface area (Å²) in [6.45, 7) is 1.91. The zero-order valence-electron chi connectivity index (χ0n) is 14.5. The molecule has 0 saturated carbocycles. The zero-order chi connectivity index (χ0) is 18.8. The lowest BCUT2D eigenvalue weighted by Crippen LogP contribution is -2.13. The van der Waals surface area contributed by atoms with Crippen molar-refractivity contribution in [3.05, 3.63) is 83.1 Å². The number of hydrogen-bond donors (Lipinski definition) is 2. The number of nitrogens with one attached hydrogen (secondary N) is 2. The molecule has 2 N–H and O–H groups in total. The fourth-order valence-corrected chi connectivity index (χ4v) is 2.87. The first-order valence-corrected chi connectivity index (χ1v) is 8.73. The van der Waals surface area contributed by atoms with Crippen molar-refractivity contribution in [3.8, 4) is 0 Å². The van der Waals surface area contributed by atoms with E-state index in [1.807, 2.05) is 43.3 Å². The molecule has 0 radical (unpaired) electrons. The zero-order valence-corrected chi connectivity index (χ0v) is 15.2. The maximum Gasteiger partial charge on any atom is 0.263 e. The van der Waals surface area contributed by atoms with Gasteiger partial charge in [-0.1, -0.05) is 29.8 Å². The minimum atomic E-state index is -0.302. The SMILES string of the molecule is Cc1ccnc2c(C(=O)Nc3ccc(Cl)cc3)c(Nc3ccccc3)nn12. The van der Waals surface area contributed by atoms with E-state index in [1.54, 1.807) is 35.0 Å². The van der Waals surface area contributed by atoms with Crippen LogP contribution in [-0.4, -0.2) is 20.5 Å². The lowest BCUT2D eigenvalue weighted by molar-refractivity contribution is 0.102. The van der Waals surface area contributed by atoms with Gasteiger partial charge in [0.15, 0.2) is 11.5 Å². The Hall–Kier alpha value is -3.38. The van der Waals surface area contributed by atoms with E-state index in [-0.39, 0.29) is 5.91 Å². The average molecular weight is 378 g/mol. The highest BCUT2D eigenvalue weighted by molar-refractivity contribution is 6.30. The van der Waals surface area contributed by atoms with E-state index in [4.69, 9.17) is 11.6 Å². The van der Waals surface area contributed by atoms with Gasteiger partial charge in [0.2, 0.25) is 0 Å². The van der Waals surface area contributed by atoms with Gasteiger partial charge in [0, 0.05) is 28.3 Å². The summed E-state index contributed by atoms with van der Waals surface area (Å²) < 4.78 is 1.65. The van der Waals surface area contributed by atoms with Crippen LogP contribution < -0.4 is 10.6 Å². The number of aromatic nitrogens is 3. The summed E-state index contributed by atoms with van der Waals surface area (Å²) in [6.07, 6.45) is 1.66. The predicted octanol–water partition coefficient (Wildman–Crippen LogP) is 4.69. The van der Waals surface area contributed by atoms with Gasteiger partial charge in [0.25, 0.3) is 5.91 Å². The van der Waals surface area contributed by atoms with Gasteiger partial charge in [0.05, 0.1) is 0 Å². The molecule has 0 atom stereocenters. The number of anilines is 3. The van der Waals surface area contributed by atoms with Crippen molar-refractivity contribution >= 4 is 40.3 Å². The van der Waals surface area contributed by atoms with Gasteiger partial charge in [-0.2, -0.15) is 0 Å². The number of nitrogens with zero attached hydrogens (tertiary/aromatic N) is 3. The Balaban J connectivity index is 1.77. The Kier molecular flexibility index (Phi) is 4.48. The van der Waals surface area contributed by atoms with Gasteiger partial charge in [0.1, 0.15) is 5.56 Å². The van der Waals surface area contributed by atoms with Gasteiger partial charge in [-0.15, -0.1) is 5.10 Å². The molecule has 0 spiro atoms. The summed E-state index contributed by atoms with van der Waals surface area (Å²) in [7, 11) is 0. The standard InChI is InChI=1S/C20H16ClN5O/c1-13-11-12-22-19-17(20(27)24-16-9-7-14(21)8-10-16)18(25-26(13)19)23-15-5-3-2-4-6-15/h2-12H,1H3,(H,23,25)(H,24,27). The molecular formula is C20H16ClN5O. The van der Waals surface area contributed by atoms with Crippen LogP contribution in [0.4, 0.5) is 17.2 Å². The molecule has 134 valence electrons. The van der Waals surface area contributed by atoms with E-state index >= 15 is 0 Å². The molecule has 0 aliphatic heterocycles. The Morgan fingerprint density at radius 1 is 1.00 bits per heavy atom. The van der Waals surface area contributed by atoms with Crippen LogP contribution >= 0.6 is 11.6 Å². The molecule has 0 bridgehead atoms. The third-order valence-corrected chi connectivity index (χ3v) is 4.33. The second-order valence-electron chi connectivity index (χ2n) is 6.00. The van der Waals surface area contributed by atoms with Crippen molar-refractivity contribution < 1.29 is 4.79 Å². The first kappa shape index (κ1) is 17.1. The number of carbonyl (C=O) groups is 1. The minimum absolute atomic E-state index is 0.302. The van der Waals surface area contributed by atoms with E-state index in [9.17, 15) is 4.79 Å². The van der Waals surface area contributed by atoms with Crippen LogP contribution in [0.2, 0.25) is 5.02 Å². The molecule has 27 heavy (non-hydrogen) atoms. The van der Waals surface area contributed by atoms with Crippen molar-refractivity contribution in [3.63, 3.8) is 0 Å². The van der Waals surface area contributed by atoms with Gasteiger partial charge in [-0.25, -0.2) is 9.50 Å². The Morgan fingerprint density at radius 2 is 1.74 bits per heavy atom. The number of rotatable bonds is 4. The minimum Gasteiger partial charge on any atom is -0.338 e. The summed E-state index contributed by atoms with van der Waals surface area (Å²) in [4.78, 5) is 17.4. The molecule has 0 aliphatic rings. The maximum atomic E-state index is 13.0. The molecule has 4 rings (SSSR count). The van der Waals surface area contributed by atoms with Crippen LogP contribution in [0.1, 0.15) is 16.1 Å². The van der Waals surface area contributed by atoms with Gasteiger partial charge < -0.3 is 10.6 Å². The molecule has 4 aromatic rings. The molecule has 2 heterocycles. The summed E-state index contributed by atoms with van der Waals surface area (Å²) in [6, 6.07) is 18.3. The van der Waals surface area contributed by atoms with Crippen molar-refractivity contribution in [1.82, 2.24) is 14.6 Å².